The molecule has 0 amide bonds. The van der Waals surface area contributed by atoms with Gasteiger partial charge in [-0.3, -0.25) is 0 Å². The van der Waals surface area contributed by atoms with Gasteiger partial charge < -0.3 is 0 Å². The van der Waals surface area contributed by atoms with Crippen LogP contribution >= 0.6 is 11.6 Å². The standard InChI is InChI=1S/C13H15ClF3NO2S/c14-8-9-3-1-6-12(9)18-21(19,20)11-5-2-4-10(7-11)13(15,16)17/h2,4-5,7,9,12,18H,1,3,6,8H2. The van der Waals surface area contributed by atoms with Crippen molar-refractivity contribution >= 4 is 21.6 Å². The van der Waals surface area contributed by atoms with E-state index in [1.807, 2.05) is 0 Å². The number of hydrogen-bond donors (Lipinski definition) is 1. The number of halogens is 4. The predicted molar refractivity (Wildman–Crippen MR) is 73.6 cm³/mol. The van der Waals surface area contributed by atoms with Crippen LogP contribution in [-0.4, -0.2) is 20.3 Å². The van der Waals surface area contributed by atoms with Gasteiger partial charge in [-0.25, -0.2) is 13.1 Å². The van der Waals surface area contributed by atoms with Crippen LogP contribution in [0.1, 0.15) is 24.8 Å². The molecule has 1 aliphatic carbocycles. The van der Waals surface area contributed by atoms with E-state index in [0.29, 0.717) is 18.4 Å². The minimum Gasteiger partial charge on any atom is -0.208 e. The summed E-state index contributed by atoms with van der Waals surface area (Å²) >= 11 is 5.78. The minimum absolute atomic E-state index is 0.0206. The van der Waals surface area contributed by atoms with Gasteiger partial charge in [-0.2, -0.15) is 13.2 Å². The Morgan fingerprint density at radius 3 is 2.62 bits per heavy atom. The molecule has 2 rings (SSSR count). The zero-order valence-electron chi connectivity index (χ0n) is 11.0. The first-order chi connectivity index (χ1) is 9.74. The van der Waals surface area contributed by atoms with E-state index in [4.69, 9.17) is 11.6 Å². The molecule has 1 fully saturated rings. The molecule has 3 nitrogen and oxygen atoms in total. The lowest BCUT2D eigenvalue weighted by Gasteiger charge is -2.19. The predicted octanol–water partition coefficient (Wildman–Crippen LogP) is 3.39. The van der Waals surface area contributed by atoms with Crippen molar-refractivity contribution < 1.29 is 21.6 Å². The van der Waals surface area contributed by atoms with Gasteiger partial charge in [0.2, 0.25) is 10.0 Å². The van der Waals surface area contributed by atoms with Crippen LogP contribution in [0.25, 0.3) is 0 Å². The molecule has 2 atom stereocenters. The molecule has 1 aromatic rings. The Bertz CT molecular complexity index is 604. The number of sulfonamides is 1. The summed E-state index contributed by atoms with van der Waals surface area (Å²) in [5, 5.41) is 0. The first-order valence-corrected chi connectivity index (χ1v) is 8.51. The molecule has 0 spiro atoms. The summed E-state index contributed by atoms with van der Waals surface area (Å²) in [6.45, 7) is 0. The summed E-state index contributed by atoms with van der Waals surface area (Å²) in [7, 11) is -3.98. The third kappa shape index (κ3) is 3.90. The van der Waals surface area contributed by atoms with E-state index in [-0.39, 0.29) is 16.9 Å². The number of nitrogens with one attached hydrogen (secondary N) is 1. The van der Waals surface area contributed by atoms with Crippen LogP contribution in [0.15, 0.2) is 29.2 Å². The van der Waals surface area contributed by atoms with Crippen LogP contribution in [0.4, 0.5) is 13.2 Å². The van der Waals surface area contributed by atoms with Crippen molar-refractivity contribution in [2.75, 3.05) is 5.88 Å². The molecule has 0 radical (unpaired) electrons. The molecule has 21 heavy (non-hydrogen) atoms. The van der Waals surface area contributed by atoms with Crippen LogP contribution in [0.3, 0.4) is 0 Å². The summed E-state index contributed by atoms with van der Waals surface area (Å²) in [5.41, 5.74) is -0.981. The first kappa shape index (κ1) is 16.6. The van der Waals surface area contributed by atoms with Crippen molar-refractivity contribution in [3.63, 3.8) is 0 Å². The molecule has 118 valence electrons. The molecule has 0 saturated heterocycles. The van der Waals surface area contributed by atoms with E-state index < -0.39 is 21.8 Å². The van der Waals surface area contributed by atoms with Gasteiger partial charge in [0.05, 0.1) is 10.5 Å². The monoisotopic (exact) mass is 341 g/mol. The Morgan fingerprint density at radius 1 is 1.29 bits per heavy atom. The van der Waals surface area contributed by atoms with E-state index in [1.54, 1.807) is 0 Å². The molecule has 1 aliphatic rings. The largest absolute Gasteiger partial charge is 0.416 e. The average Bonchev–Trinajstić information content (AvgIpc) is 2.84. The Morgan fingerprint density at radius 2 is 2.00 bits per heavy atom. The lowest BCUT2D eigenvalue weighted by molar-refractivity contribution is -0.137. The molecular weight excluding hydrogens is 327 g/mol. The maximum Gasteiger partial charge on any atom is 0.416 e. The van der Waals surface area contributed by atoms with E-state index in [2.05, 4.69) is 4.72 Å². The molecule has 0 aromatic heterocycles. The van der Waals surface area contributed by atoms with Crippen LogP contribution in [0.2, 0.25) is 0 Å². The maximum atomic E-state index is 12.6. The highest BCUT2D eigenvalue weighted by Gasteiger charge is 2.33. The number of alkyl halides is 4. The average molecular weight is 342 g/mol. The van der Waals surface area contributed by atoms with E-state index >= 15 is 0 Å². The third-order valence-electron chi connectivity index (χ3n) is 3.64. The van der Waals surface area contributed by atoms with Crippen LogP contribution in [0, 0.1) is 5.92 Å². The normalized spacial score (nSPS) is 23.4. The van der Waals surface area contributed by atoms with Crippen LogP contribution in [-0.2, 0) is 16.2 Å². The van der Waals surface area contributed by atoms with Crippen LogP contribution in [0.5, 0.6) is 0 Å². The van der Waals surface area contributed by atoms with Crippen molar-refractivity contribution in [1.29, 1.82) is 0 Å². The van der Waals surface area contributed by atoms with Crippen LogP contribution < -0.4 is 4.72 Å². The molecule has 2 unspecified atom stereocenters. The molecule has 0 aliphatic heterocycles. The molecule has 0 heterocycles. The van der Waals surface area contributed by atoms with Gasteiger partial charge in [0.25, 0.3) is 0 Å². The summed E-state index contributed by atoms with van der Waals surface area (Å²) in [5.74, 6) is 0.350. The summed E-state index contributed by atoms with van der Waals surface area (Å²) < 4.78 is 64.8. The lowest BCUT2D eigenvalue weighted by Crippen LogP contribution is -2.38. The Labute approximate surface area is 126 Å². The fourth-order valence-corrected chi connectivity index (χ4v) is 4.24. The fraction of sp³-hybridized carbons (Fsp3) is 0.538. The van der Waals surface area contributed by atoms with Gasteiger partial charge in [0.15, 0.2) is 0 Å². The van der Waals surface area contributed by atoms with Gasteiger partial charge in [0.1, 0.15) is 0 Å². The maximum absolute atomic E-state index is 12.6. The molecule has 8 heteroatoms. The summed E-state index contributed by atoms with van der Waals surface area (Å²) in [4.78, 5) is -0.377. The van der Waals surface area contributed by atoms with Gasteiger partial charge in [-0.1, -0.05) is 12.5 Å². The highest BCUT2D eigenvalue weighted by molar-refractivity contribution is 7.89. The zero-order valence-corrected chi connectivity index (χ0v) is 12.6. The van der Waals surface area contributed by atoms with E-state index in [1.165, 1.54) is 0 Å². The quantitative estimate of drug-likeness (QED) is 0.853. The molecule has 1 aromatic carbocycles. The van der Waals surface area contributed by atoms with Crippen molar-refractivity contribution in [3.8, 4) is 0 Å². The van der Waals surface area contributed by atoms with Gasteiger partial charge in [-0.15, -0.1) is 11.6 Å². The highest BCUT2D eigenvalue weighted by Crippen LogP contribution is 2.31. The second-order valence-corrected chi connectivity index (χ2v) is 7.12. The Kier molecular flexibility index (Phi) is 4.85. The zero-order chi connectivity index (χ0) is 15.7. The SMILES string of the molecule is O=S(=O)(NC1CCCC1CCl)c1cccc(C(F)(F)F)c1. The summed E-state index contributed by atoms with van der Waals surface area (Å²) in [6.07, 6.45) is -2.25. The van der Waals surface area contributed by atoms with Crippen molar-refractivity contribution in [1.82, 2.24) is 4.72 Å². The minimum atomic E-state index is -4.57. The first-order valence-electron chi connectivity index (χ1n) is 6.49. The third-order valence-corrected chi connectivity index (χ3v) is 5.52. The molecule has 1 N–H and O–H groups in total. The lowest BCUT2D eigenvalue weighted by atomic mass is 10.1. The van der Waals surface area contributed by atoms with Crippen molar-refractivity contribution in [2.24, 2.45) is 5.92 Å². The van der Waals surface area contributed by atoms with E-state index in [0.717, 1.165) is 31.0 Å². The van der Waals surface area contributed by atoms with E-state index in [9.17, 15) is 21.6 Å². The Hall–Kier alpha value is -0.790. The van der Waals surface area contributed by atoms with Gasteiger partial charge in [0, 0.05) is 11.9 Å². The molecule has 0 bridgehead atoms. The Balaban J connectivity index is 2.24. The number of benzene rings is 1. The summed E-state index contributed by atoms with van der Waals surface area (Å²) in [6, 6.07) is 3.42. The highest BCUT2D eigenvalue weighted by atomic mass is 35.5. The van der Waals surface area contributed by atoms with Gasteiger partial charge in [-0.05, 0) is 37.0 Å². The molecular formula is C13H15ClF3NO2S. The van der Waals surface area contributed by atoms with Gasteiger partial charge >= 0.3 is 6.18 Å². The topological polar surface area (TPSA) is 46.2 Å². The molecule has 1 saturated carbocycles. The van der Waals surface area contributed by atoms with Crippen molar-refractivity contribution in [3.05, 3.63) is 29.8 Å². The second-order valence-electron chi connectivity index (χ2n) is 5.10. The number of rotatable bonds is 4. The second kappa shape index (κ2) is 6.14. The smallest absolute Gasteiger partial charge is 0.208 e. The fourth-order valence-electron chi connectivity index (χ4n) is 2.48. The van der Waals surface area contributed by atoms with Crippen molar-refractivity contribution in [2.45, 2.75) is 36.4 Å². The number of hydrogen-bond acceptors (Lipinski definition) is 2.